The number of carbonyl (C=O) groups excluding carboxylic acids is 2. The second-order valence-corrected chi connectivity index (χ2v) is 9.36. The normalized spacial score (nSPS) is 17.7. The van der Waals surface area contributed by atoms with Crippen molar-refractivity contribution >= 4 is 51.4 Å². The third kappa shape index (κ3) is 4.81. The number of halogens is 1. The van der Waals surface area contributed by atoms with Crippen LogP contribution < -0.4 is 15.5 Å². The van der Waals surface area contributed by atoms with Crippen LogP contribution in [0.5, 0.6) is 0 Å². The van der Waals surface area contributed by atoms with Crippen molar-refractivity contribution < 1.29 is 14.0 Å². The molecule has 7 nitrogen and oxygen atoms in total. The molecule has 0 atom stereocenters. The molecule has 2 amide bonds. The minimum absolute atomic E-state index is 0.363. The first-order valence-corrected chi connectivity index (χ1v) is 11.9. The molecule has 3 aromatic rings. The molecule has 3 heterocycles. The number of rotatable bonds is 5. The maximum atomic E-state index is 12.4. The largest absolute Gasteiger partial charge is 0.472 e. The molecule has 2 aliphatic heterocycles. The molecule has 1 aromatic heterocycles. The molecular weight excluding hydrogens is 531 g/mol. The molecule has 0 saturated carbocycles. The van der Waals surface area contributed by atoms with Gasteiger partial charge in [0.15, 0.2) is 0 Å². The molecule has 168 valence electrons. The number of anilines is 2. The van der Waals surface area contributed by atoms with Gasteiger partial charge in [0.2, 0.25) is 0 Å². The number of nitrogens with zero attached hydrogens (tertiary/aromatic N) is 2. The van der Waals surface area contributed by atoms with Crippen molar-refractivity contribution in [3.05, 3.63) is 87.5 Å². The van der Waals surface area contributed by atoms with Crippen molar-refractivity contribution in [2.45, 2.75) is 6.54 Å². The SMILES string of the molecule is O=C1NC(=O)c2ccc(I)cc2/C1=C/Nc1ccc(N2CCN(Cc3ccoc3)CC2)cc1. The van der Waals surface area contributed by atoms with Gasteiger partial charge in [-0.05, 0) is 71.1 Å². The third-order valence-electron chi connectivity index (χ3n) is 5.96. The number of nitrogens with one attached hydrogen (secondary N) is 2. The molecule has 2 N–H and O–H groups in total. The fourth-order valence-electron chi connectivity index (χ4n) is 4.17. The zero-order valence-corrected chi connectivity index (χ0v) is 20.0. The first-order chi connectivity index (χ1) is 16.1. The summed E-state index contributed by atoms with van der Waals surface area (Å²) in [7, 11) is 0. The zero-order valence-electron chi connectivity index (χ0n) is 17.9. The Bertz CT molecular complexity index is 1200. The van der Waals surface area contributed by atoms with Crippen LogP contribution in [-0.4, -0.2) is 42.9 Å². The number of amides is 2. The Labute approximate surface area is 205 Å². The van der Waals surface area contributed by atoms with E-state index in [1.807, 2.05) is 36.6 Å². The van der Waals surface area contributed by atoms with E-state index >= 15 is 0 Å². The summed E-state index contributed by atoms with van der Waals surface area (Å²) in [6.45, 7) is 4.87. The van der Waals surface area contributed by atoms with Crippen LogP contribution in [0.4, 0.5) is 11.4 Å². The van der Waals surface area contributed by atoms with Crippen molar-refractivity contribution in [2.24, 2.45) is 0 Å². The average molecular weight is 554 g/mol. The Hall–Kier alpha value is -3.11. The standard InChI is InChI=1S/C25H23IN4O3/c26-18-1-6-21-22(13-18)23(25(32)28-24(21)31)14-27-19-2-4-20(5-3-19)30-10-8-29(9-11-30)15-17-7-12-33-16-17/h1-7,12-14,16,27H,8-11,15H2,(H,28,31,32)/b23-14-. The second kappa shape index (κ2) is 9.40. The van der Waals surface area contributed by atoms with Gasteiger partial charge >= 0.3 is 0 Å². The number of imide groups is 1. The minimum Gasteiger partial charge on any atom is -0.472 e. The van der Waals surface area contributed by atoms with Crippen LogP contribution in [0.25, 0.3) is 5.57 Å². The Morgan fingerprint density at radius 2 is 1.76 bits per heavy atom. The predicted octanol–water partition coefficient (Wildman–Crippen LogP) is 3.93. The van der Waals surface area contributed by atoms with Gasteiger partial charge in [-0.3, -0.25) is 19.8 Å². The van der Waals surface area contributed by atoms with Gasteiger partial charge in [0.25, 0.3) is 11.8 Å². The topological polar surface area (TPSA) is 77.8 Å². The number of hydrogen-bond acceptors (Lipinski definition) is 6. The Kier molecular flexibility index (Phi) is 6.19. The van der Waals surface area contributed by atoms with Gasteiger partial charge in [-0.2, -0.15) is 0 Å². The van der Waals surface area contributed by atoms with Crippen LogP contribution in [0.1, 0.15) is 21.5 Å². The molecule has 0 unspecified atom stereocenters. The molecule has 2 aliphatic rings. The van der Waals surface area contributed by atoms with Gasteiger partial charge in [0.1, 0.15) is 0 Å². The lowest BCUT2D eigenvalue weighted by molar-refractivity contribution is -0.114. The molecule has 5 rings (SSSR count). The monoisotopic (exact) mass is 554 g/mol. The molecular formula is C25H23IN4O3. The first-order valence-electron chi connectivity index (χ1n) is 10.8. The molecule has 0 radical (unpaired) electrons. The highest BCUT2D eigenvalue weighted by atomic mass is 127. The van der Waals surface area contributed by atoms with E-state index in [0.717, 1.165) is 42.0 Å². The third-order valence-corrected chi connectivity index (χ3v) is 6.63. The van der Waals surface area contributed by atoms with E-state index in [2.05, 4.69) is 55.2 Å². The lowest BCUT2D eigenvalue weighted by Crippen LogP contribution is -2.45. The smallest absolute Gasteiger partial charge is 0.260 e. The number of carbonyl (C=O) groups is 2. The number of hydrogen-bond donors (Lipinski definition) is 2. The van der Waals surface area contributed by atoms with Crippen LogP contribution in [0, 0.1) is 3.57 Å². The molecule has 8 heteroatoms. The molecule has 0 spiro atoms. The second-order valence-electron chi connectivity index (χ2n) is 8.12. The van der Waals surface area contributed by atoms with Crippen LogP contribution in [0.2, 0.25) is 0 Å². The Morgan fingerprint density at radius 3 is 2.48 bits per heavy atom. The van der Waals surface area contributed by atoms with E-state index in [0.29, 0.717) is 16.7 Å². The summed E-state index contributed by atoms with van der Waals surface area (Å²) >= 11 is 2.18. The van der Waals surface area contributed by atoms with Crippen molar-refractivity contribution in [1.29, 1.82) is 0 Å². The van der Waals surface area contributed by atoms with E-state index in [-0.39, 0.29) is 5.91 Å². The van der Waals surface area contributed by atoms with Gasteiger partial charge in [-0.25, -0.2) is 0 Å². The first kappa shape index (κ1) is 21.7. The Morgan fingerprint density at radius 1 is 0.970 bits per heavy atom. The summed E-state index contributed by atoms with van der Waals surface area (Å²) in [5.41, 5.74) is 4.86. The van der Waals surface area contributed by atoms with E-state index in [1.54, 1.807) is 18.5 Å². The van der Waals surface area contributed by atoms with Gasteiger partial charge in [-0.15, -0.1) is 0 Å². The summed E-state index contributed by atoms with van der Waals surface area (Å²) in [6, 6.07) is 15.7. The fourth-order valence-corrected chi connectivity index (χ4v) is 4.66. The van der Waals surface area contributed by atoms with Gasteiger partial charge in [0, 0.05) is 70.6 Å². The number of fused-ring (bicyclic) bond motifs is 1. The zero-order chi connectivity index (χ0) is 22.8. The molecule has 0 bridgehead atoms. The highest BCUT2D eigenvalue weighted by Gasteiger charge is 2.27. The molecule has 2 aromatic carbocycles. The van der Waals surface area contributed by atoms with Gasteiger partial charge in [-0.1, -0.05) is 0 Å². The van der Waals surface area contributed by atoms with Crippen molar-refractivity contribution in [3.63, 3.8) is 0 Å². The minimum atomic E-state index is -0.396. The molecule has 0 aliphatic carbocycles. The van der Waals surface area contributed by atoms with Gasteiger partial charge < -0.3 is 14.6 Å². The highest BCUT2D eigenvalue weighted by Crippen LogP contribution is 2.27. The van der Waals surface area contributed by atoms with Crippen molar-refractivity contribution in [2.75, 3.05) is 36.4 Å². The number of benzene rings is 2. The summed E-state index contributed by atoms with van der Waals surface area (Å²) < 4.78 is 6.13. The Balaban J connectivity index is 1.23. The van der Waals surface area contributed by atoms with E-state index < -0.39 is 5.91 Å². The average Bonchev–Trinajstić information content (AvgIpc) is 3.33. The van der Waals surface area contributed by atoms with Gasteiger partial charge in [0.05, 0.1) is 18.1 Å². The molecule has 1 saturated heterocycles. The number of furan rings is 1. The summed E-state index contributed by atoms with van der Waals surface area (Å²) in [5.74, 6) is -0.760. The maximum absolute atomic E-state index is 12.4. The van der Waals surface area contributed by atoms with E-state index in [4.69, 9.17) is 4.42 Å². The maximum Gasteiger partial charge on any atom is 0.260 e. The summed E-state index contributed by atoms with van der Waals surface area (Å²) in [6.07, 6.45) is 5.19. The van der Waals surface area contributed by atoms with Crippen molar-refractivity contribution in [3.8, 4) is 0 Å². The van der Waals surface area contributed by atoms with E-state index in [1.165, 1.54) is 11.3 Å². The van der Waals surface area contributed by atoms with Crippen LogP contribution in [-0.2, 0) is 11.3 Å². The summed E-state index contributed by atoms with van der Waals surface area (Å²) in [4.78, 5) is 29.4. The molecule has 33 heavy (non-hydrogen) atoms. The lowest BCUT2D eigenvalue weighted by atomic mass is 9.95. The van der Waals surface area contributed by atoms with Crippen LogP contribution >= 0.6 is 22.6 Å². The quantitative estimate of drug-likeness (QED) is 0.283. The van der Waals surface area contributed by atoms with Crippen LogP contribution in [0.15, 0.2) is 71.7 Å². The predicted molar refractivity (Wildman–Crippen MR) is 136 cm³/mol. The fraction of sp³-hybridized carbons (Fsp3) is 0.200. The van der Waals surface area contributed by atoms with E-state index in [9.17, 15) is 9.59 Å². The van der Waals surface area contributed by atoms with Crippen molar-refractivity contribution in [1.82, 2.24) is 10.2 Å². The summed E-state index contributed by atoms with van der Waals surface area (Å²) in [5, 5.41) is 5.62. The lowest BCUT2D eigenvalue weighted by Gasteiger charge is -2.36. The highest BCUT2D eigenvalue weighted by molar-refractivity contribution is 14.1. The number of piperazine rings is 1. The van der Waals surface area contributed by atoms with Crippen LogP contribution in [0.3, 0.4) is 0 Å². The molecule has 1 fully saturated rings.